The average molecular weight is 352 g/mol. The standard InChI is InChI=1S/C21H20O5/c22-18-13-7-12-17(14-25-20(23)15-8-3-1-4-9-15)19(18)26-21(24)16-10-5-2-6-11-16/h1-11,13,17-19,22H,12,14H2. The molecule has 0 saturated carbocycles. The van der Waals surface area contributed by atoms with Crippen molar-refractivity contribution in [2.75, 3.05) is 6.61 Å². The smallest absolute Gasteiger partial charge is 0.338 e. The lowest BCUT2D eigenvalue weighted by atomic mass is 9.90. The fourth-order valence-corrected chi connectivity index (χ4v) is 2.85. The summed E-state index contributed by atoms with van der Waals surface area (Å²) in [5.41, 5.74) is 0.867. The molecule has 5 heteroatoms. The molecular formula is C21H20O5. The molecule has 0 spiro atoms. The molecule has 3 rings (SSSR count). The molecule has 0 aliphatic heterocycles. The molecular weight excluding hydrogens is 332 g/mol. The summed E-state index contributed by atoms with van der Waals surface area (Å²) in [7, 11) is 0. The quantitative estimate of drug-likeness (QED) is 0.661. The largest absolute Gasteiger partial charge is 0.462 e. The van der Waals surface area contributed by atoms with Crippen LogP contribution in [0.1, 0.15) is 27.1 Å². The van der Waals surface area contributed by atoms with Crippen LogP contribution in [-0.2, 0) is 9.47 Å². The van der Waals surface area contributed by atoms with Crippen LogP contribution < -0.4 is 0 Å². The molecule has 134 valence electrons. The van der Waals surface area contributed by atoms with Gasteiger partial charge >= 0.3 is 11.9 Å². The summed E-state index contributed by atoms with van der Waals surface area (Å²) in [6.07, 6.45) is 2.25. The van der Waals surface area contributed by atoms with Crippen LogP contribution in [0.5, 0.6) is 0 Å². The van der Waals surface area contributed by atoms with Gasteiger partial charge in [0, 0.05) is 5.92 Å². The highest BCUT2D eigenvalue weighted by Crippen LogP contribution is 2.24. The van der Waals surface area contributed by atoms with Gasteiger partial charge in [0.2, 0.25) is 0 Å². The van der Waals surface area contributed by atoms with Crippen molar-refractivity contribution < 1.29 is 24.2 Å². The van der Waals surface area contributed by atoms with Gasteiger partial charge in [0.05, 0.1) is 17.7 Å². The van der Waals surface area contributed by atoms with Crippen molar-refractivity contribution in [3.05, 3.63) is 83.9 Å². The molecule has 0 aromatic heterocycles. The van der Waals surface area contributed by atoms with Crippen LogP contribution in [0.25, 0.3) is 0 Å². The van der Waals surface area contributed by atoms with Crippen molar-refractivity contribution >= 4 is 11.9 Å². The minimum Gasteiger partial charge on any atom is -0.462 e. The normalized spacial score (nSPS) is 21.8. The Morgan fingerprint density at radius 3 is 2.12 bits per heavy atom. The first-order chi connectivity index (χ1) is 12.6. The van der Waals surface area contributed by atoms with Gasteiger partial charge in [-0.25, -0.2) is 9.59 Å². The molecule has 0 amide bonds. The van der Waals surface area contributed by atoms with Crippen LogP contribution in [-0.4, -0.2) is 35.9 Å². The van der Waals surface area contributed by atoms with Crippen molar-refractivity contribution in [1.29, 1.82) is 0 Å². The number of aliphatic hydroxyl groups is 1. The Kier molecular flexibility index (Phi) is 5.81. The van der Waals surface area contributed by atoms with Gasteiger partial charge < -0.3 is 14.6 Å². The summed E-state index contributed by atoms with van der Waals surface area (Å²) in [6.45, 7) is 0.0574. The Morgan fingerprint density at radius 1 is 0.923 bits per heavy atom. The Bertz CT molecular complexity index is 770. The molecule has 1 aliphatic rings. The van der Waals surface area contributed by atoms with E-state index in [-0.39, 0.29) is 12.5 Å². The van der Waals surface area contributed by atoms with Crippen molar-refractivity contribution in [1.82, 2.24) is 0 Å². The Labute approximate surface area is 151 Å². The first-order valence-electron chi connectivity index (χ1n) is 8.48. The van der Waals surface area contributed by atoms with Crippen LogP contribution in [0.15, 0.2) is 72.8 Å². The number of allylic oxidation sites excluding steroid dienone is 1. The lowest BCUT2D eigenvalue weighted by Crippen LogP contribution is -2.41. The van der Waals surface area contributed by atoms with Gasteiger partial charge in [-0.3, -0.25) is 0 Å². The van der Waals surface area contributed by atoms with E-state index in [9.17, 15) is 14.7 Å². The molecule has 3 atom stereocenters. The van der Waals surface area contributed by atoms with Crippen molar-refractivity contribution in [2.45, 2.75) is 18.6 Å². The molecule has 1 aliphatic carbocycles. The highest BCUT2D eigenvalue weighted by Gasteiger charge is 2.34. The Balaban J connectivity index is 1.64. The second kappa shape index (κ2) is 8.45. The zero-order chi connectivity index (χ0) is 18.4. The predicted molar refractivity (Wildman–Crippen MR) is 95.6 cm³/mol. The highest BCUT2D eigenvalue weighted by molar-refractivity contribution is 5.90. The van der Waals surface area contributed by atoms with E-state index < -0.39 is 24.1 Å². The summed E-state index contributed by atoms with van der Waals surface area (Å²) in [5, 5.41) is 10.2. The van der Waals surface area contributed by atoms with Gasteiger partial charge in [-0.05, 0) is 30.7 Å². The first kappa shape index (κ1) is 17.9. The number of benzene rings is 2. The Hall–Kier alpha value is -2.92. The lowest BCUT2D eigenvalue weighted by Gasteiger charge is -2.31. The third kappa shape index (κ3) is 4.37. The fourth-order valence-electron chi connectivity index (χ4n) is 2.85. The third-order valence-electron chi connectivity index (χ3n) is 4.26. The minimum atomic E-state index is -0.933. The van der Waals surface area contributed by atoms with Crippen molar-refractivity contribution in [3.8, 4) is 0 Å². The van der Waals surface area contributed by atoms with Gasteiger partial charge in [-0.1, -0.05) is 48.6 Å². The van der Waals surface area contributed by atoms with Crippen LogP contribution in [0.3, 0.4) is 0 Å². The van der Waals surface area contributed by atoms with Crippen molar-refractivity contribution in [3.63, 3.8) is 0 Å². The maximum Gasteiger partial charge on any atom is 0.338 e. The summed E-state index contributed by atoms with van der Waals surface area (Å²) in [5.74, 6) is -1.26. The number of hydrogen-bond acceptors (Lipinski definition) is 5. The fraction of sp³-hybridized carbons (Fsp3) is 0.238. The molecule has 0 heterocycles. The summed E-state index contributed by atoms with van der Waals surface area (Å²) >= 11 is 0. The second-order valence-corrected chi connectivity index (χ2v) is 6.11. The molecule has 26 heavy (non-hydrogen) atoms. The Morgan fingerprint density at radius 2 is 1.50 bits per heavy atom. The number of carbonyl (C=O) groups excluding carboxylic acids is 2. The molecule has 0 saturated heterocycles. The number of aliphatic hydroxyl groups excluding tert-OH is 1. The van der Waals surface area contributed by atoms with Gasteiger partial charge in [0.15, 0.2) is 0 Å². The van der Waals surface area contributed by atoms with Gasteiger partial charge in [-0.15, -0.1) is 0 Å². The summed E-state index contributed by atoms with van der Waals surface area (Å²) in [4.78, 5) is 24.4. The minimum absolute atomic E-state index is 0.0574. The van der Waals surface area contributed by atoms with E-state index in [2.05, 4.69) is 0 Å². The number of rotatable bonds is 5. The molecule has 2 aromatic carbocycles. The van der Waals surface area contributed by atoms with Crippen LogP contribution in [0, 0.1) is 5.92 Å². The highest BCUT2D eigenvalue weighted by atomic mass is 16.6. The molecule has 2 aromatic rings. The van der Waals surface area contributed by atoms with Crippen LogP contribution in [0.4, 0.5) is 0 Å². The second-order valence-electron chi connectivity index (χ2n) is 6.11. The predicted octanol–water partition coefficient (Wildman–Crippen LogP) is 3.01. The number of hydrogen-bond donors (Lipinski definition) is 1. The monoisotopic (exact) mass is 352 g/mol. The van der Waals surface area contributed by atoms with Crippen LogP contribution >= 0.6 is 0 Å². The molecule has 0 bridgehead atoms. The van der Waals surface area contributed by atoms with E-state index >= 15 is 0 Å². The van der Waals surface area contributed by atoms with E-state index in [0.29, 0.717) is 17.5 Å². The van der Waals surface area contributed by atoms with Crippen LogP contribution in [0.2, 0.25) is 0 Å². The van der Waals surface area contributed by atoms with Gasteiger partial charge in [0.1, 0.15) is 12.2 Å². The topological polar surface area (TPSA) is 72.8 Å². The first-order valence-corrected chi connectivity index (χ1v) is 8.48. The molecule has 3 unspecified atom stereocenters. The van der Waals surface area contributed by atoms with E-state index in [1.165, 1.54) is 0 Å². The maximum absolute atomic E-state index is 12.3. The number of esters is 2. The van der Waals surface area contributed by atoms with E-state index in [0.717, 1.165) is 0 Å². The number of ether oxygens (including phenoxy) is 2. The maximum atomic E-state index is 12.3. The SMILES string of the molecule is O=C(OCC1CC=CC(O)C1OC(=O)c1ccccc1)c1ccccc1. The summed E-state index contributed by atoms with van der Waals surface area (Å²) in [6, 6.07) is 17.3. The molecule has 0 fully saturated rings. The van der Waals surface area contributed by atoms with Crippen molar-refractivity contribution in [2.24, 2.45) is 5.92 Å². The summed E-state index contributed by atoms with van der Waals surface area (Å²) < 4.78 is 10.9. The van der Waals surface area contributed by atoms with E-state index in [1.54, 1.807) is 66.7 Å². The third-order valence-corrected chi connectivity index (χ3v) is 4.26. The molecule has 1 N–H and O–H groups in total. The van der Waals surface area contributed by atoms with Gasteiger partial charge in [-0.2, -0.15) is 0 Å². The molecule has 5 nitrogen and oxygen atoms in total. The zero-order valence-corrected chi connectivity index (χ0v) is 14.2. The number of carbonyl (C=O) groups is 2. The van der Waals surface area contributed by atoms with E-state index in [1.807, 2.05) is 6.07 Å². The lowest BCUT2D eigenvalue weighted by molar-refractivity contribution is -0.0457. The average Bonchev–Trinajstić information content (AvgIpc) is 2.69. The van der Waals surface area contributed by atoms with Gasteiger partial charge in [0.25, 0.3) is 0 Å². The molecule has 0 radical (unpaired) electrons. The van der Waals surface area contributed by atoms with E-state index in [4.69, 9.17) is 9.47 Å². The zero-order valence-electron chi connectivity index (χ0n) is 14.2.